The fraction of sp³-hybridized carbons (Fsp3) is 0.267. The summed E-state index contributed by atoms with van der Waals surface area (Å²) in [7, 11) is 1.13. The fourth-order valence-electron chi connectivity index (χ4n) is 1.94. The molecule has 112 valence electrons. The number of esters is 1. The van der Waals surface area contributed by atoms with Gasteiger partial charge in [0, 0.05) is 5.39 Å². The summed E-state index contributed by atoms with van der Waals surface area (Å²) >= 11 is 0. The third kappa shape index (κ3) is 3.09. The fourth-order valence-corrected chi connectivity index (χ4v) is 1.94. The van der Waals surface area contributed by atoms with E-state index < -0.39 is 17.7 Å². The zero-order chi connectivity index (χ0) is 15.6. The van der Waals surface area contributed by atoms with Crippen LogP contribution in [0.4, 0.5) is 13.2 Å². The maximum absolute atomic E-state index is 13.1. The quantitative estimate of drug-likeness (QED) is 0.773. The highest BCUT2D eigenvalue weighted by Gasteiger charge is 2.35. The van der Waals surface area contributed by atoms with Crippen molar-refractivity contribution in [3.05, 3.63) is 41.2 Å². The van der Waals surface area contributed by atoms with Crippen molar-refractivity contribution in [1.29, 1.82) is 0 Å². The van der Waals surface area contributed by atoms with Crippen LogP contribution in [0.5, 0.6) is 0 Å². The van der Waals surface area contributed by atoms with E-state index in [2.05, 4.69) is 4.74 Å². The number of ether oxygens (including phenoxy) is 1. The van der Waals surface area contributed by atoms with E-state index in [1.54, 1.807) is 12.2 Å². The van der Waals surface area contributed by atoms with Crippen molar-refractivity contribution in [1.82, 2.24) is 0 Å². The highest BCUT2D eigenvalue weighted by atomic mass is 19.4. The molecule has 0 bridgehead atoms. The molecule has 0 unspecified atom stereocenters. The van der Waals surface area contributed by atoms with E-state index in [0.717, 1.165) is 13.2 Å². The number of methoxy groups -OCH3 is 1. The maximum Gasteiger partial charge on any atom is 0.420 e. The van der Waals surface area contributed by atoms with Crippen molar-refractivity contribution in [3.8, 4) is 0 Å². The van der Waals surface area contributed by atoms with Gasteiger partial charge in [0.25, 0.3) is 0 Å². The predicted octanol–water partition coefficient (Wildman–Crippen LogP) is 4.66. The van der Waals surface area contributed by atoms with Gasteiger partial charge in [-0.1, -0.05) is 19.1 Å². The molecule has 0 aliphatic carbocycles. The lowest BCUT2D eigenvalue weighted by Crippen LogP contribution is -2.05. The molecule has 0 saturated carbocycles. The van der Waals surface area contributed by atoms with Gasteiger partial charge in [-0.2, -0.15) is 13.2 Å². The average Bonchev–Trinajstić information content (AvgIpc) is 2.85. The van der Waals surface area contributed by atoms with Crippen LogP contribution in [0.1, 0.15) is 35.0 Å². The van der Waals surface area contributed by atoms with Gasteiger partial charge in [-0.3, -0.25) is 0 Å². The van der Waals surface area contributed by atoms with Gasteiger partial charge in [-0.25, -0.2) is 4.79 Å². The lowest BCUT2D eigenvalue weighted by Gasteiger charge is -2.08. The SMILES string of the molecule is CC/C=C/c1cc(C(F)(F)F)c2oc(C(=O)OC)cc2c1. The molecule has 21 heavy (non-hydrogen) atoms. The Balaban J connectivity index is 2.68. The first kappa shape index (κ1) is 15.2. The zero-order valence-corrected chi connectivity index (χ0v) is 11.5. The molecule has 0 radical (unpaired) electrons. The van der Waals surface area contributed by atoms with Crippen molar-refractivity contribution in [3.63, 3.8) is 0 Å². The molecule has 0 N–H and O–H groups in total. The Labute approximate surface area is 119 Å². The molecule has 0 atom stereocenters. The first-order chi connectivity index (χ1) is 9.86. The molecule has 0 saturated heterocycles. The number of hydrogen-bond acceptors (Lipinski definition) is 3. The summed E-state index contributed by atoms with van der Waals surface area (Å²) < 4.78 is 48.8. The minimum atomic E-state index is -4.57. The van der Waals surface area contributed by atoms with Crippen LogP contribution >= 0.6 is 0 Å². The number of hydrogen-bond donors (Lipinski definition) is 0. The first-order valence-corrected chi connectivity index (χ1v) is 6.26. The number of carbonyl (C=O) groups is 1. The van der Waals surface area contributed by atoms with Gasteiger partial charge in [0.2, 0.25) is 5.76 Å². The van der Waals surface area contributed by atoms with Crippen molar-refractivity contribution >= 4 is 23.0 Å². The molecule has 0 aliphatic heterocycles. The molecule has 0 spiro atoms. The average molecular weight is 298 g/mol. The standard InChI is InChI=1S/C15H13F3O3/c1-3-4-5-9-6-10-8-12(14(19)20-2)21-13(10)11(7-9)15(16,17)18/h4-8H,3H2,1-2H3/b5-4+. The van der Waals surface area contributed by atoms with Gasteiger partial charge in [0.05, 0.1) is 12.7 Å². The minimum Gasteiger partial charge on any atom is -0.463 e. The lowest BCUT2D eigenvalue weighted by atomic mass is 10.1. The second kappa shape index (κ2) is 5.63. The van der Waals surface area contributed by atoms with Crippen molar-refractivity contribution < 1.29 is 27.1 Å². The zero-order valence-electron chi connectivity index (χ0n) is 11.5. The van der Waals surface area contributed by atoms with Crippen LogP contribution in [0.15, 0.2) is 28.7 Å². The van der Waals surface area contributed by atoms with Crippen LogP contribution in [-0.4, -0.2) is 13.1 Å². The highest BCUT2D eigenvalue weighted by Crippen LogP contribution is 2.37. The first-order valence-electron chi connectivity index (χ1n) is 6.26. The minimum absolute atomic E-state index is 0.209. The third-order valence-electron chi connectivity index (χ3n) is 2.88. The summed E-state index contributed by atoms with van der Waals surface area (Å²) in [4.78, 5) is 11.4. The molecule has 0 aliphatic rings. The van der Waals surface area contributed by atoms with E-state index in [9.17, 15) is 18.0 Å². The van der Waals surface area contributed by atoms with Gasteiger partial charge >= 0.3 is 12.1 Å². The molecule has 2 aromatic rings. The van der Waals surface area contributed by atoms with Crippen LogP contribution in [0.3, 0.4) is 0 Å². The van der Waals surface area contributed by atoms with Crippen molar-refractivity contribution in [2.75, 3.05) is 7.11 Å². The Kier molecular flexibility index (Phi) is 4.06. The van der Waals surface area contributed by atoms with Crippen LogP contribution in [0.25, 0.3) is 17.0 Å². The number of halogens is 3. The predicted molar refractivity (Wildman–Crippen MR) is 71.9 cm³/mol. The Hall–Kier alpha value is -2.24. The number of fused-ring (bicyclic) bond motifs is 1. The largest absolute Gasteiger partial charge is 0.463 e. The van der Waals surface area contributed by atoms with Gasteiger partial charge in [0.15, 0.2) is 0 Å². The Morgan fingerprint density at radius 1 is 1.33 bits per heavy atom. The molecule has 0 amide bonds. The molecule has 0 fully saturated rings. The highest BCUT2D eigenvalue weighted by molar-refractivity contribution is 5.94. The summed E-state index contributed by atoms with van der Waals surface area (Å²) in [5.74, 6) is -1.07. The van der Waals surface area contributed by atoms with E-state index in [1.165, 1.54) is 12.1 Å². The Morgan fingerprint density at radius 2 is 2.05 bits per heavy atom. The Bertz CT molecular complexity index is 696. The summed E-state index contributed by atoms with van der Waals surface area (Å²) in [6, 6.07) is 3.78. The molecule has 6 heteroatoms. The lowest BCUT2D eigenvalue weighted by molar-refractivity contribution is -0.136. The van der Waals surface area contributed by atoms with E-state index in [-0.39, 0.29) is 16.7 Å². The summed E-state index contributed by atoms with van der Waals surface area (Å²) in [5.41, 5.74) is -0.878. The summed E-state index contributed by atoms with van der Waals surface area (Å²) in [6.45, 7) is 1.88. The molecule has 1 heterocycles. The molecule has 1 aromatic heterocycles. The van der Waals surface area contributed by atoms with E-state index in [4.69, 9.17) is 4.42 Å². The van der Waals surface area contributed by atoms with Crippen LogP contribution in [-0.2, 0) is 10.9 Å². The number of alkyl halides is 3. The van der Waals surface area contributed by atoms with E-state index in [0.29, 0.717) is 12.0 Å². The second-order valence-electron chi connectivity index (χ2n) is 4.40. The van der Waals surface area contributed by atoms with Crippen LogP contribution in [0, 0.1) is 0 Å². The normalized spacial score (nSPS) is 12.2. The van der Waals surface area contributed by atoms with Gasteiger partial charge in [0.1, 0.15) is 5.58 Å². The third-order valence-corrected chi connectivity index (χ3v) is 2.88. The number of allylic oxidation sites excluding steroid dienone is 1. The van der Waals surface area contributed by atoms with Crippen molar-refractivity contribution in [2.45, 2.75) is 19.5 Å². The summed E-state index contributed by atoms with van der Waals surface area (Å²) in [5, 5.41) is 0.209. The van der Waals surface area contributed by atoms with Crippen LogP contribution < -0.4 is 0 Å². The van der Waals surface area contributed by atoms with E-state index >= 15 is 0 Å². The molecular formula is C15H13F3O3. The molecular weight excluding hydrogens is 285 g/mol. The number of carbonyl (C=O) groups excluding carboxylic acids is 1. The maximum atomic E-state index is 13.1. The monoisotopic (exact) mass is 298 g/mol. The second-order valence-corrected chi connectivity index (χ2v) is 4.40. The smallest absolute Gasteiger partial charge is 0.420 e. The summed E-state index contributed by atoms with van der Waals surface area (Å²) in [6.07, 6.45) is -0.514. The molecule has 1 aromatic carbocycles. The number of furan rings is 1. The van der Waals surface area contributed by atoms with Crippen LogP contribution in [0.2, 0.25) is 0 Å². The number of rotatable bonds is 3. The van der Waals surface area contributed by atoms with Crippen molar-refractivity contribution in [2.24, 2.45) is 0 Å². The Morgan fingerprint density at radius 3 is 2.62 bits per heavy atom. The molecule has 3 nitrogen and oxygen atoms in total. The number of benzene rings is 1. The van der Waals surface area contributed by atoms with E-state index in [1.807, 2.05) is 6.92 Å². The van der Waals surface area contributed by atoms with Gasteiger partial charge in [-0.15, -0.1) is 0 Å². The van der Waals surface area contributed by atoms with Gasteiger partial charge < -0.3 is 9.15 Å². The topological polar surface area (TPSA) is 39.4 Å². The van der Waals surface area contributed by atoms with Gasteiger partial charge in [-0.05, 0) is 30.2 Å². The molecule has 2 rings (SSSR count).